The maximum absolute atomic E-state index is 11.8. The van der Waals surface area contributed by atoms with Gasteiger partial charge in [-0.3, -0.25) is 4.79 Å². The van der Waals surface area contributed by atoms with E-state index in [4.69, 9.17) is 5.11 Å². The second-order valence-electron chi connectivity index (χ2n) is 5.16. The second-order valence-corrected chi connectivity index (χ2v) is 5.16. The molecule has 2 amide bonds. The van der Waals surface area contributed by atoms with Crippen LogP contribution in [0.4, 0.5) is 4.79 Å². The number of carboxylic acid groups (broad SMARTS) is 1. The van der Waals surface area contributed by atoms with Gasteiger partial charge in [0, 0.05) is 26.1 Å². The Morgan fingerprint density at radius 3 is 2.47 bits per heavy atom. The summed E-state index contributed by atoms with van der Waals surface area (Å²) in [6.07, 6.45) is 0.935. The number of carbonyl (C=O) groups excluding carboxylic acids is 1. The molecule has 1 aliphatic rings. The predicted molar refractivity (Wildman–Crippen MR) is 64.0 cm³/mol. The highest BCUT2D eigenvalue weighted by Crippen LogP contribution is 2.46. The molecule has 0 heterocycles. The lowest BCUT2D eigenvalue weighted by atomic mass is 9.58. The Bertz CT molecular complexity index is 350. The van der Waals surface area contributed by atoms with E-state index >= 15 is 0 Å². The van der Waals surface area contributed by atoms with Gasteiger partial charge in [-0.25, -0.2) is 9.79 Å². The van der Waals surface area contributed by atoms with Crippen LogP contribution in [0.2, 0.25) is 0 Å². The van der Waals surface area contributed by atoms with Crippen LogP contribution in [0.1, 0.15) is 20.3 Å². The van der Waals surface area contributed by atoms with Crippen molar-refractivity contribution >= 4 is 18.3 Å². The Morgan fingerprint density at radius 1 is 1.47 bits per heavy atom. The lowest BCUT2D eigenvalue weighted by Crippen LogP contribution is -2.60. The first-order valence-corrected chi connectivity index (χ1v) is 5.49. The monoisotopic (exact) mass is 241 g/mol. The molecule has 1 aliphatic carbocycles. The number of hydrogen-bond donors (Lipinski definition) is 2. The van der Waals surface area contributed by atoms with E-state index in [0.717, 1.165) is 0 Å². The van der Waals surface area contributed by atoms with Crippen molar-refractivity contribution in [2.75, 3.05) is 14.1 Å². The number of nitrogens with one attached hydrogen (secondary N) is 1. The number of carbonyl (C=O) groups is 2. The Morgan fingerprint density at radius 2 is 2.06 bits per heavy atom. The molecule has 2 N–H and O–H groups in total. The molecule has 1 fully saturated rings. The molecule has 0 aliphatic heterocycles. The van der Waals surface area contributed by atoms with E-state index in [0.29, 0.717) is 6.42 Å². The minimum Gasteiger partial charge on any atom is -0.465 e. The van der Waals surface area contributed by atoms with Crippen LogP contribution in [-0.4, -0.2) is 48.5 Å². The highest BCUT2D eigenvalue weighted by molar-refractivity contribution is 5.87. The van der Waals surface area contributed by atoms with Gasteiger partial charge in [0.2, 0.25) is 0 Å². The summed E-state index contributed by atoms with van der Waals surface area (Å²) in [7, 11) is 3.58. The third kappa shape index (κ3) is 2.95. The number of nitrogens with zero attached hydrogens (tertiary/aromatic N) is 2. The minimum atomic E-state index is -1.05. The normalized spacial score (nSPS) is 26.4. The number of rotatable bonds is 3. The third-order valence-electron chi connectivity index (χ3n) is 3.28. The Kier molecular flexibility index (Phi) is 3.75. The van der Waals surface area contributed by atoms with Crippen molar-refractivity contribution in [2.45, 2.75) is 26.3 Å². The summed E-state index contributed by atoms with van der Waals surface area (Å²) in [6.45, 7) is 3.76. The quantitative estimate of drug-likeness (QED) is 0.565. The first-order valence-electron chi connectivity index (χ1n) is 5.49. The zero-order valence-corrected chi connectivity index (χ0v) is 10.6. The highest BCUT2D eigenvalue weighted by Gasteiger charge is 2.52. The summed E-state index contributed by atoms with van der Waals surface area (Å²) in [6, 6.07) is -0.177. The fourth-order valence-corrected chi connectivity index (χ4v) is 2.00. The summed E-state index contributed by atoms with van der Waals surface area (Å²) in [4.78, 5) is 27.9. The van der Waals surface area contributed by atoms with E-state index < -0.39 is 6.09 Å². The molecule has 1 rings (SSSR count). The lowest BCUT2D eigenvalue weighted by molar-refractivity contribution is -0.133. The van der Waals surface area contributed by atoms with Gasteiger partial charge >= 0.3 is 6.09 Å². The number of amides is 2. The van der Waals surface area contributed by atoms with Gasteiger partial charge in [-0.05, 0) is 11.8 Å². The highest BCUT2D eigenvalue weighted by atomic mass is 16.4. The van der Waals surface area contributed by atoms with Crippen LogP contribution in [0.15, 0.2) is 4.99 Å². The molecule has 17 heavy (non-hydrogen) atoms. The van der Waals surface area contributed by atoms with Crippen LogP contribution in [-0.2, 0) is 4.79 Å². The molecule has 0 radical (unpaired) electrons. The maximum atomic E-state index is 11.8. The molecular formula is C11H19N3O3. The zero-order chi connectivity index (χ0) is 13.2. The first kappa shape index (κ1) is 13.5. The maximum Gasteiger partial charge on any atom is 0.404 e. The average molecular weight is 241 g/mol. The molecule has 6 nitrogen and oxygen atoms in total. The molecule has 96 valence electrons. The van der Waals surface area contributed by atoms with Crippen LogP contribution in [0.5, 0.6) is 0 Å². The van der Waals surface area contributed by atoms with Crippen molar-refractivity contribution in [3.05, 3.63) is 0 Å². The van der Waals surface area contributed by atoms with Gasteiger partial charge < -0.3 is 15.3 Å². The average Bonchev–Trinajstić information content (AvgIpc) is 2.20. The number of aliphatic imine (C=N–C) groups is 1. The summed E-state index contributed by atoms with van der Waals surface area (Å²) in [5.41, 5.74) is -0.376. The Balaban J connectivity index is 2.60. The molecule has 0 aromatic carbocycles. The van der Waals surface area contributed by atoms with Crippen molar-refractivity contribution < 1.29 is 14.7 Å². The van der Waals surface area contributed by atoms with E-state index in [9.17, 15) is 9.59 Å². The van der Waals surface area contributed by atoms with Gasteiger partial charge in [0.05, 0.1) is 6.34 Å². The first-order chi connectivity index (χ1) is 7.75. The van der Waals surface area contributed by atoms with Gasteiger partial charge in [0.1, 0.15) is 0 Å². The molecular weight excluding hydrogens is 222 g/mol. The van der Waals surface area contributed by atoms with E-state index in [1.807, 2.05) is 13.8 Å². The van der Waals surface area contributed by atoms with Gasteiger partial charge in [0.25, 0.3) is 5.91 Å². The topological polar surface area (TPSA) is 82.0 Å². The van der Waals surface area contributed by atoms with Crippen LogP contribution in [0.25, 0.3) is 0 Å². The van der Waals surface area contributed by atoms with E-state index in [-0.39, 0.29) is 23.3 Å². The lowest BCUT2D eigenvalue weighted by Gasteiger charge is -2.50. The van der Waals surface area contributed by atoms with Crippen molar-refractivity contribution in [2.24, 2.45) is 16.3 Å². The SMILES string of the molecule is CN(C)C=NC(=O)[C@H]1C[C@@H](NC(=O)O)C1(C)C. The third-order valence-corrected chi connectivity index (χ3v) is 3.28. The molecule has 0 aromatic rings. The van der Waals surface area contributed by atoms with E-state index in [2.05, 4.69) is 10.3 Å². The van der Waals surface area contributed by atoms with Gasteiger partial charge in [-0.15, -0.1) is 0 Å². The van der Waals surface area contributed by atoms with Crippen LogP contribution in [0, 0.1) is 11.3 Å². The van der Waals surface area contributed by atoms with Crippen molar-refractivity contribution in [1.82, 2.24) is 10.2 Å². The Labute approximate surface area is 101 Å². The van der Waals surface area contributed by atoms with Crippen LogP contribution >= 0.6 is 0 Å². The van der Waals surface area contributed by atoms with Crippen LogP contribution < -0.4 is 5.32 Å². The van der Waals surface area contributed by atoms with Gasteiger partial charge in [-0.1, -0.05) is 13.8 Å². The van der Waals surface area contributed by atoms with Crippen molar-refractivity contribution in [1.29, 1.82) is 0 Å². The predicted octanol–water partition coefficient (Wildman–Crippen LogP) is 0.785. The minimum absolute atomic E-state index is 0.177. The molecule has 0 unspecified atom stereocenters. The molecule has 1 saturated carbocycles. The van der Waals surface area contributed by atoms with Crippen molar-refractivity contribution in [3.8, 4) is 0 Å². The van der Waals surface area contributed by atoms with Gasteiger partial charge in [0.15, 0.2) is 0 Å². The number of hydrogen-bond acceptors (Lipinski definition) is 2. The summed E-state index contributed by atoms with van der Waals surface area (Å²) in [5.74, 6) is -0.400. The largest absolute Gasteiger partial charge is 0.465 e. The fourth-order valence-electron chi connectivity index (χ4n) is 2.00. The molecule has 0 spiro atoms. The van der Waals surface area contributed by atoms with Crippen LogP contribution in [0.3, 0.4) is 0 Å². The van der Waals surface area contributed by atoms with Crippen molar-refractivity contribution in [3.63, 3.8) is 0 Å². The summed E-state index contributed by atoms with van der Waals surface area (Å²) >= 11 is 0. The van der Waals surface area contributed by atoms with Gasteiger partial charge in [-0.2, -0.15) is 0 Å². The summed E-state index contributed by atoms with van der Waals surface area (Å²) < 4.78 is 0. The fraction of sp³-hybridized carbons (Fsp3) is 0.727. The second kappa shape index (κ2) is 4.73. The molecule has 0 aromatic heterocycles. The molecule has 0 saturated heterocycles. The molecule has 6 heteroatoms. The summed E-state index contributed by atoms with van der Waals surface area (Å²) in [5, 5.41) is 11.1. The molecule has 2 atom stereocenters. The van der Waals surface area contributed by atoms with E-state index in [1.54, 1.807) is 19.0 Å². The standard InChI is InChI=1S/C11H19N3O3/c1-11(2)7(5-8(11)13-10(16)17)9(15)12-6-14(3)4/h6-8,13H,5H2,1-4H3,(H,16,17)/t7-,8-/m1/s1. The van der Waals surface area contributed by atoms with E-state index in [1.165, 1.54) is 6.34 Å². The molecule has 0 bridgehead atoms. The zero-order valence-electron chi connectivity index (χ0n) is 10.6. The smallest absolute Gasteiger partial charge is 0.404 e. The Hall–Kier alpha value is -1.59.